The summed E-state index contributed by atoms with van der Waals surface area (Å²) in [5.74, 6) is 1.95. The molecule has 0 fully saturated rings. The first-order valence-corrected chi connectivity index (χ1v) is 10.6. The molecule has 2 aromatic heterocycles. The Balaban J connectivity index is 1.36. The lowest BCUT2D eigenvalue weighted by Crippen LogP contribution is -2.23. The number of aryl methyl sites for hydroxylation is 1. The molecule has 9 heteroatoms. The molecule has 32 heavy (non-hydrogen) atoms. The average molecular weight is 451 g/mol. The SMILES string of the molecule is COc1ccccc1CNC(=O)CCc1nnc2ccc(NCc3ccccc3Cl)nn12. The molecule has 0 spiro atoms. The number of nitrogens with zero attached hydrogens (tertiary/aromatic N) is 4. The predicted molar refractivity (Wildman–Crippen MR) is 123 cm³/mol. The summed E-state index contributed by atoms with van der Waals surface area (Å²) in [6.07, 6.45) is 0.689. The second-order valence-electron chi connectivity index (χ2n) is 7.14. The van der Waals surface area contributed by atoms with Crippen molar-refractivity contribution in [2.75, 3.05) is 12.4 Å². The number of aromatic nitrogens is 4. The van der Waals surface area contributed by atoms with Crippen LogP contribution in [0.2, 0.25) is 5.02 Å². The van der Waals surface area contributed by atoms with E-state index in [0.717, 1.165) is 16.9 Å². The number of para-hydroxylation sites is 1. The number of anilines is 1. The molecular formula is C23H23ClN6O2. The predicted octanol–water partition coefficient (Wildman–Crippen LogP) is 3.65. The molecule has 0 atom stereocenters. The number of halogens is 1. The molecule has 0 radical (unpaired) electrons. The van der Waals surface area contributed by atoms with Crippen molar-refractivity contribution in [1.82, 2.24) is 25.1 Å². The van der Waals surface area contributed by atoms with E-state index < -0.39 is 0 Å². The first kappa shape index (κ1) is 21.6. The van der Waals surface area contributed by atoms with Crippen molar-refractivity contribution >= 4 is 29.0 Å². The fraction of sp³-hybridized carbons (Fsp3) is 0.217. The molecule has 164 valence electrons. The maximum Gasteiger partial charge on any atom is 0.220 e. The topological polar surface area (TPSA) is 93.4 Å². The zero-order chi connectivity index (χ0) is 22.3. The molecule has 0 unspecified atom stereocenters. The van der Waals surface area contributed by atoms with E-state index in [0.29, 0.717) is 41.8 Å². The number of benzene rings is 2. The van der Waals surface area contributed by atoms with Crippen LogP contribution in [-0.2, 0) is 24.3 Å². The van der Waals surface area contributed by atoms with Crippen molar-refractivity contribution in [1.29, 1.82) is 0 Å². The summed E-state index contributed by atoms with van der Waals surface area (Å²) in [4.78, 5) is 12.4. The molecule has 0 saturated heterocycles. The quantitative estimate of drug-likeness (QED) is 0.404. The standard InChI is InChI=1S/C23H23ClN6O2/c1-32-19-9-5-3-7-17(19)15-26-23(31)13-12-22-28-27-21-11-10-20(29-30(21)22)25-14-16-6-2-4-8-18(16)24/h2-11H,12-15H2,1H3,(H,25,29)(H,26,31). The minimum Gasteiger partial charge on any atom is -0.496 e. The zero-order valence-electron chi connectivity index (χ0n) is 17.6. The lowest BCUT2D eigenvalue weighted by atomic mass is 10.2. The summed E-state index contributed by atoms with van der Waals surface area (Å²) in [6.45, 7) is 0.943. The highest BCUT2D eigenvalue weighted by atomic mass is 35.5. The van der Waals surface area contributed by atoms with Gasteiger partial charge in [0.2, 0.25) is 5.91 Å². The van der Waals surface area contributed by atoms with Crippen LogP contribution in [0.15, 0.2) is 60.7 Å². The van der Waals surface area contributed by atoms with Gasteiger partial charge in [-0.25, -0.2) is 0 Å². The Morgan fingerprint density at radius 2 is 1.78 bits per heavy atom. The number of fused-ring (bicyclic) bond motifs is 1. The van der Waals surface area contributed by atoms with Crippen molar-refractivity contribution in [3.05, 3.63) is 82.6 Å². The van der Waals surface area contributed by atoms with Crippen LogP contribution in [0.3, 0.4) is 0 Å². The molecule has 2 aromatic carbocycles. The van der Waals surface area contributed by atoms with Crippen LogP contribution in [-0.4, -0.2) is 32.8 Å². The normalized spacial score (nSPS) is 10.8. The van der Waals surface area contributed by atoms with Crippen LogP contribution >= 0.6 is 11.6 Å². The Morgan fingerprint density at radius 1 is 1.00 bits per heavy atom. The lowest BCUT2D eigenvalue weighted by molar-refractivity contribution is -0.121. The molecule has 0 bridgehead atoms. The minimum atomic E-state index is -0.0827. The van der Waals surface area contributed by atoms with Crippen LogP contribution in [0.5, 0.6) is 5.75 Å². The molecule has 4 rings (SSSR count). The average Bonchev–Trinajstić information content (AvgIpc) is 3.23. The number of amides is 1. The summed E-state index contributed by atoms with van der Waals surface area (Å²) in [7, 11) is 1.61. The van der Waals surface area contributed by atoms with Crippen LogP contribution in [0.4, 0.5) is 5.82 Å². The van der Waals surface area contributed by atoms with Gasteiger partial charge in [-0.05, 0) is 29.8 Å². The Labute approximate surface area is 190 Å². The third kappa shape index (κ3) is 5.15. The van der Waals surface area contributed by atoms with E-state index >= 15 is 0 Å². The van der Waals surface area contributed by atoms with Crippen LogP contribution in [0, 0.1) is 0 Å². The first-order chi connectivity index (χ1) is 15.6. The molecule has 0 aliphatic heterocycles. The molecule has 2 heterocycles. The minimum absolute atomic E-state index is 0.0827. The smallest absolute Gasteiger partial charge is 0.220 e. The van der Waals surface area contributed by atoms with E-state index in [9.17, 15) is 4.79 Å². The van der Waals surface area contributed by atoms with Crippen molar-refractivity contribution < 1.29 is 9.53 Å². The first-order valence-electron chi connectivity index (χ1n) is 10.2. The van der Waals surface area contributed by atoms with Gasteiger partial charge in [0, 0.05) is 36.5 Å². The Bertz CT molecular complexity index is 1230. The monoisotopic (exact) mass is 450 g/mol. The molecule has 2 N–H and O–H groups in total. The van der Waals surface area contributed by atoms with E-state index in [2.05, 4.69) is 25.9 Å². The summed E-state index contributed by atoms with van der Waals surface area (Å²) < 4.78 is 6.97. The van der Waals surface area contributed by atoms with Gasteiger partial charge in [0.1, 0.15) is 11.6 Å². The Morgan fingerprint density at radius 3 is 2.59 bits per heavy atom. The fourth-order valence-corrected chi connectivity index (χ4v) is 3.47. The lowest BCUT2D eigenvalue weighted by Gasteiger charge is -2.09. The van der Waals surface area contributed by atoms with Crippen molar-refractivity contribution in [2.24, 2.45) is 0 Å². The number of carbonyl (C=O) groups excluding carboxylic acids is 1. The van der Waals surface area contributed by atoms with E-state index in [1.807, 2.05) is 60.7 Å². The van der Waals surface area contributed by atoms with E-state index in [1.165, 1.54) is 0 Å². The molecule has 4 aromatic rings. The molecule has 0 aliphatic carbocycles. The maximum atomic E-state index is 12.4. The molecular weight excluding hydrogens is 428 g/mol. The highest BCUT2D eigenvalue weighted by Gasteiger charge is 2.11. The summed E-state index contributed by atoms with van der Waals surface area (Å²) in [6, 6.07) is 18.9. The molecule has 0 saturated carbocycles. The van der Waals surface area contributed by atoms with Gasteiger partial charge >= 0.3 is 0 Å². The number of methoxy groups -OCH3 is 1. The third-order valence-electron chi connectivity index (χ3n) is 4.99. The second-order valence-corrected chi connectivity index (χ2v) is 7.55. The Kier molecular flexibility index (Phi) is 6.81. The van der Waals surface area contributed by atoms with Gasteiger partial charge in [-0.2, -0.15) is 4.52 Å². The molecule has 8 nitrogen and oxygen atoms in total. The summed E-state index contributed by atoms with van der Waals surface area (Å²) in [5.41, 5.74) is 2.52. The van der Waals surface area contributed by atoms with E-state index in [-0.39, 0.29) is 12.3 Å². The van der Waals surface area contributed by atoms with E-state index in [4.69, 9.17) is 16.3 Å². The van der Waals surface area contributed by atoms with Gasteiger partial charge in [-0.1, -0.05) is 48.0 Å². The van der Waals surface area contributed by atoms with Gasteiger partial charge in [0.15, 0.2) is 11.5 Å². The van der Waals surface area contributed by atoms with E-state index in [1.54, 1.807) is 11.6 Å². The van der Waals surface area contributed by atoms with Crippen LogP contribution in [0.25, 0.3) is 5.65 Å². The highest BCUT2D eigenvalue weighted by Crippen LogP contribution is 2.18. The second kappa shape index (κ2) is 10.1. The van der Waals surface area contributed by atoms with Crippen LogP contribution in [0.1, 0.15) is 23.4 Å². The van der Waals surface area contributed by atoms with Crippen LogP contribution < -0.4 is 15.4 Å². The van der Waals surface area contributed by atoms with Crippen molar-refractivity contribution in [3.63, 3.8) is 0 Å². The zero-order valence-corrected chi connectivity index (χ0v) is 18.3. The number of nitrogens with one attached hydrogen (secondary N) is 2. The molecule has 1 amide bonds. The third-order valence-corrected chi connectivity index (χ3v) is 5.36. The van der Waals surface area contributed by atoms with Gasteiger partial charge < -0.3 is 15.4 Å². The Hall–Kier alpha value is -3.65. The number of hydrogen-bond donors (Lipinski definition) is 2. The van der Waals surface area contributed by atoms with Gasteiger partial charge in [-0.3, -0.25) is 4.79 Å². The van der Waals surface area contributed by atoms with Crippen molar-refractivity contribution in [2.45, 2.75) is 25.9 Å². The van der Waals surface area contributed by atoms with Gasteiger partial charge in [0.05, 0.1) is 7.11 Å². The number of hydrogen-bond acceptors (Lipinski definition) is 6. The number of ether oxygens (including phenoxy) is 1. The number of carbonyl (C=O) groups is 1. The number of rotatable bonds is 9. The van der Waals surface area contributed by atoms with Gasteiger partial charge in [-0.15, -0.1) is 15.3 Å². The largest absolute Gasteiger partial charge is 0.496 e. The summed E-state index contributed by atoms with van der Waals surface area (Å²) in [5, 5.41) is 19.8. The summed E-state index contributed by atoms with van der Waals surface area (Å²) >= 11 is 6.22. The van der Waals surface area contributed by atoms with Crippen molar-refractivity contribution in [3.8, 4) is 5.75 Å². The maximum absolute atomic E-state index is 12.4. The molecule has 0 aliphatic rings. The van der Waals surface area contributed by atoms with Gasteiger partial charge in [0.25, 0.3) is 0 Å². The fourth-order valence-electron chi connectivity index (χ4n) is 3.27. The highest BCUT2D eigenvalue weighted by molar-refractivity contribution is 6.31.